The molecule has 0 spiro atoms. The quantitative estimate of drug-likeness (QED) is 0.542. The number of amides is 2. The number of fused-ring (bicyclic) bond motifs is 1. The molecule has 8 nitrogen and oxygen atoms in total. The highest BCUT2D eigenvalue weighted by atomic mass is 16.2. The van der Waals surface area contributed by atoms with E-state index < -0.39 is 0 Å². The molecule has 0 radical (unpaired) electrons. The minimum Gasteiger partial charge on any atom is -0.350 e. The van der Waals surface area contributed by atoms with Crippen LogP contribution in [-0.4, -0.2) is 44.1 Å². The van der Waals surface area contributed by atoms with Crippen LogP contribution < -0.4 is 10.2 Å². The van der Waals surface area contributed by atoms with Gasteiger partial charge in [-0.25, -0.2) is 4.98 Å². The zero-order valence-electron chi connectivity index (χ0n) is 17.9. The Labute approximate surface area is 180 Å². The van der Waals surface area contributed by atoms with Gasteiger partial charge in [0.1, 0.15) is 11.3 Å². The van der Waals surface area contributed by atoms with Gasteiger partial charge in [0.15, 0.2) is 0 Å². The summed E-state index contributed by atoms with van der Waals surface area (Å²) < 4.78 is 3.34. The molecular formula is C23H24N6O2. The van der Waals surface area contributed by atoms with E-state index in [1.54, 1.807) is 14.1 Å². The lowest BCUT2D eigenvalue weighted by atomic mass is 10.2. The van der Waals surface area contributed by atoms with Crippen LogP contribution in [0.5, 0.6) is 0 Å². The van der Waals surface area contributed by atoms with Crippen LogP contribution in [0, 0.1) is 0 Å². The van der Waals surface area contributed by atoms with E-state index in [0.717, 1.165) is 16.9 Å². The van der Waals surface area contributed by atoms with E-state index in [4.69, 9.17) is 0 Å². The highest BCUT2D eigenvalue weighted by Crippen LogP contribution is 2.23. The Morgan fingerprint density at radius 3 is 2.58 bits per heavy atom. The van der Waals surface area contributed by atoms with Crippen molar-refractivity contribution in [2.24, 2.45) is 7.05 Å². The minimum absolute atomic E-state index is 0.0463. The molecule has 0 aliphatic carbocycles. The Hall–Kier alpha value is -3.94. The van der Waals surface area contributed by atoms with E-state index in [1.165, 1.54) is 15.8 Å². The number of hydrogen-bond acceptors (Lipinski definition) is 4. The van der Waals surface area contributed by atoms with Crippen molar-refractivity contribution in [3.63, 3.8) is 0 Å². The maximum atomic E-state index is 13.3. The van der Waals surface area contributed by atoms with Crippen molar-refractivity contribution in [3.05, 3.63) is 72.3 Å². The molecule has 158 valence electrons. The van der Waals surface area contributed by atoms with Crippen molar-refractivity contribution in [1.29, 1.82) is 0 Å². The van der Waals surface area contributed by atoms with Crippen molar-refractivity contribution < 1.29 is 9.59 Å². The number of anilines is 1. The van der Waals surface area contributed by atoms with Gasteiger partial charge in [-0.15, -0.1) is 0 Å². The van der Waals surface area contributed by atoms with Crippen molar-refractivity contribution in [3.8, 4) is 11.3 Å². The second-order valence-corrected chi connectivity index (χ2v) is 7.67. The number of hydrogen-bond donors (Lipinski definition) is 1. The smallest absolute Gasteiger partial charge is 0.277 e. The summed E-state index contributed by atoms with van der Waals surface area (Å²) in [5.41, 5.74) is 3.74. The molecule has 0 saturated heterocycles. The van der Waals surface area contributed by atoms with Gasteiger partial charge in [-0.2, -0.15) is 5.10 Å². The summed E-state index contributed by atoms with van der Waals surface area (Å²) in [4.78, 5) is 32.0. The maximum Gasteiger partial charge on any atom is 0.277 e. The van der Waals surface area contributed by atoms with E-state index in [9.17, 15) is 9.59 Å². The van der Waals surface area contributed by atoms with Gasteiger partial charge < -0.3 is 14.6 Å². The van der Waals surface area contributed by atoms with Crippen molar-refractivity contribution in [2.75, 3.05) is 11.9 Å². The maximum absolute atomic E-state index is 13.3. The highest BCUT2D eigenvalue weighted by molar-refractivity contribution is 6.12. The number of nitrogens with zero attached hydrogens (tertiary/aromatic N) is 5. The zero-order valence-corrected chi connectivity index (χ0v) is 17.9. The van der Waals surface area contributed by atoms with E-state index in [2.05, 4.69) is 15.4 Å². The molecule has 0 fully saturated rings. The standard InChI is InChI=1S/C23H24N6O2/c1-15(2)25-22(30)18-13-24-28(4)21(18)23(31)27(3)17-10-11-29-14-19(26-20(29)12-17)16-8-6-5-7-9-16/h5-15H,1-4H3,(H,25,30). The third-order valence-electron chi connectivity index (χ3n) is 5.01. The fourth-order valence-corrected chi connectivity index (χ4v) is 3.40. The molecule has 3 heterocycles. The SMILES string of the molecule is CC(C)NC(=O)c1cnn(C)c1C(=O)N(C)c1ccn2cc(-c3ccccc3)nc2c1. The van der Waals surface area contributed by atoms with Gasteiger partial charge in [-0.1, -0.05) is 30.3 Å². The summed E-state index contributed by atoms with van der Waals surface area (Å²) >= 11 is 0. The van der Waals surface area contributed by atoms with Gasteiger partial charge in [0.05, 0.1) is 17.5 Å². The molecule has 4 aromatic rings. The van der Waals surface area contributed by atoms with Gasteiger partial charge in [-0.05, 0) is 19.9 Å². The predicted octanol–water partition coefficient (Wildman–Crippen LogP) is 3.15. The molecule has 4 rings (SSSR count). The number of nitrogens with one attached hydrogen (secondary N) is 1. The zero-order chi connectivity index (χ0) is 22.1. The lowest BCUT2D eigenvalue weighted by molar-refractivity contribution is 0.0923. The second-order valence-electron chi connectivity index (χ2n) is 7.67. The highest BCUT2D eigenvalue weighted by Gasteiger charge is 2.26. The summed E-state index contributed by atoms with van der Waals surface area (Å²) in [6.07, 6.45) is 5.23. The van der Waals surface area contributed by atoms with Crippen LogP contribution in [0.4, 0.5) is 5.69 Å². The molecule has 8 heteroatoms. The molecule has 0 atom stereocenters. The fourth-order valence-electron chi connectivity index (χ4n) is 3.40. The molecule has 0 aliphatic heterocycles. The lowest BCUT2D eigenvalue weighted by Crippen LogP contribution is -2.34. The molecule has 1 N–H and O–H groups in total. The van der Waals surface area contributed by atoms with Crippen LogP contribution in [0.2, 0.25) is 0 Å². The Kier molecular flexibility index (Phi) is 5.29. The first-order valence-electron chi connectivity index (χ1n) is 10.00. The normalized spacial score (nSPS) is 11.1. The molecule has 0 saturated carbocycles. The van der Waals surface area contributed by atoms with Gasteiger partial charge >= 0.3 is 0 Å². The molecule has 0 unspecified atom stereocenters. The first kappa shape index (κ1) is 20.3. The Morgan fingerprint density at radius 1 is 1.13 bits per heavy atom. The fraction of sp³-hybridized carbons (Fsp3) is 0.217. The topological polar surface area (TPSA) is 84.5 Å². The van der Waals surface area contributed by atoms with Crippen molar-refractivity contribution in [1.82, 2.24) is 24.5 Å². The van der Waals surface area contributed by atoms with Crippen molar-refractivity contribution in [2.45, 2.75) is 19.9 Å². The average Bonchev–Trinajstić information content (AvgIpc) is 3.35. The number of aryl methyl sites for hydroxylation is 1. The molecule has 1 aromatic carbocycles. The Bertz CT molecular complexity index is 1260. The van der Waals surface area contributed by atoms with Gasteiger partial charge in [0.2, 0.25) is 0 Å². The second kappa shape index (κ2) is 8.06. The van der Waals surface area contributed by atoms with E-state index in [1.807, 2.05) is 73.1 Å². The molecule has 31 heavy (non-hydrogen) atoms. The monoisotopic (exact) mass is 416 g/mol. The summed E-state index contributed by atoms with van der Waals surface area (Å²) in [5.74, 6) is -0.649. The third-order valence-corrected chi connectivity index (χ3v) is 5.01. The number of carbonyl (C=O) groups excluding carboxylic acids is 2. The summed E-state index contributed by atoms with van der Waals surface area (Å²) in [6.45, 7) is 3.73. The molecule has 0 aliphatic rings. The molecular weight excluding hydrogens is 392 g/mol. The van der Waals surface area contributed by atoms with Gasteiger partial charge in [-0.3, -0.25) is 14.3 Å². The van der Waals surface area contributed by atoms with Crippen LogP contribution in [0.15, 0.2) is 61.1 Å². The number of aromatic nitrogens is 4. The van der Waals surface area contributed by atoms with Crippen LogP contribution in [0.1, 0.15) is 34.7 Å². The predicted molar refractivity (Wildman–Crippen MR) is 119 cm³/mol. The Morgan fingerprint density at radius 2 is 1.87 bits per heavy atom. The summed E-state index contributed by atoms with van der Waals surface area (Å²) in [6, 6.07) is 13.5. The third kappa shape index (κ3) is 3.92. The first-order chi connectivity index (χ1) is 14.8. The number of imidazole rings is 1. The number of rotatable bonds is 5. The number of benzene rings is 1. The van der Waals surface area contributed by atoms with Crippen LogP contribution in [-0.2, 0) is 7.05 Å². The largest absolute Gasteiger partial charge is 0.350 e. The number of pyridine rings is 1. The molecule has 0 bridgehead atoms. The lowest BCUT2D eigenvalue weighted by Gasteiger charge is -2.18. The first-order valence-corrected chi connectivity index (χ1v) is 10.00. The van der Waals surface area contributed by atoms with E-state index in [0.29, 0.717) is 5.69 Å². The average molecular weight is 416 g/mol. The van der Waals surface area contributed by atoms with E-state index >= 15 is 0 Å². The number of carbonyl (C=O) groups is 2. The van der Waals surface area contributed by atoms with Crippen LogP contribution in [0.25, 0.3) is 16.9 Å². The van der Waals surface area contributed by atoms with Gasteiger partial charge in [0.25, 0.3) is 11.8 Å². The molecule has 3 aromatic heterocycles. The van der Waals surface area contributed by atoms with Crippen molar-refractivity contribution >= 4 is 23.1 Å². The summed E-state index contributed by atoms with van der Waals surface area (Å²) in [5, 5.41) is 6.93. The minimum atomic E-state index is -0.326. The molecule has 2 amide bonds. The van der Waals surface area contributed by atoms with Gasteiger partial charge in [0, 0.05) is 49.8 Å². The Balaban J connectivity index is 1.65. The van der Waals surface area contributed by atoms with Crippen LogP contribution in [0.3, 0.4) is 0 Å². The van der Waals surface area contributed by atoms with Crippen LogP contribution >= 0.6 is 0 Å². The summed E-state index contributed by atoms with van der Waals surface area (Å²) in [7, 11) is 3.32. The van der Waals surface area contributed by atoms with E-state index in [-0.39, 0.29) is 29.1 Å².